The van der Waals surface area contributed by atoms with E-state index in [4.69, 9.17) is 0 Å². The number of carbonyl (C=O) groups excluding carboxylic acids is 1. The normalized spacial score (nSPS) is 9.08. The Labute approximate surface area is 70.2 Å². The van der Waals surface area contributed by atoms with Gasteiger partial charge in [-0.05, 0) is 6.07 Å². The van der Waals surface area contributed by atoms with Gasteiger partial charge >= 0.3 is 6.03 Å². The van der Waals surface area contributed by atoms with Crippen molar-refractivity contribution in [3.63, 3.8) is 0 Å². The molecule has 0 bridgehead atoms. The van der Waals surface area contributed by atoms with Crippen molar-refractivity contribution in [2.75, 3.05) is 7.05 Å². The summed E-state index contributed by atoms with van der Waals surface area (Å²) < 4.78 is 0. The SMILES string of the molecule is CNC(=O)NCc1ncccn1. The average molecular weight is 166 g/mol. The molecule has 0 saturated heterocycles. The fraction of sp³-hybridized carbons (Fsp3) is 0.286. The van der Waals surface area contributed by atoms with E-state index < -0.39 is 0 Å². The lowest BCUT2D eigenvalue weighted by molar-refractivity contribution is 0.242. The Morgan fingerprint density at radius 3 is 2.75 bits per heavy atom. The van der Waals surface area contributed by atoms with E-state index in [0.29, 0.717) is 12.4 Å². The zero-order chi connectivity index (χ0) is 8.81. The number of aromatic nitrogens is 2. The minimum absolute atomic E-state index is 0.234. The molecule has 0 aromatic carbocycles. The van der Waals surface area contributed by atoms with Crippen molar-refractivity contribution in [2.45, 2.75) is 6.54 Å². The van der Waals surface area contributed by atoms with Crippen molar-refractivity contribution in [1.29, 1.82) is 0 Å². The molecule has 0 atom stereocenters. The van der Waals surface area contributed by atoms with Crippen molar-refractivity contribution < 1.29 is 4.79 Å². The van der Waals surface area contributed by atoms with E-state index in [-0.39, 0.29) is 6.03 Å². The molecule has 0 radical (unpaired) electrons. The molecule has 0 aliphatic heterocycles. The average Bonchev–Trinajstić information content (AvgIpc) is 2.16. The lowest BCUT2D eigenvalue weighted by Gasteiger charge is -2.01. The van der Waals surface area contributed by atoms with Crippen LogP contribution in [0.4, 0.5) is 4.79 Å². The van der Waals surface area contributed by atoms with E-state index >= 15 is 0 Å². The highest BCUT2D eigenvalue weighted by atomic mass is 16.2. The number of nitrogens with one attached hydrogen (secondary N) is 2. The first-order valence-electron chi connectivity index (χ1n) is 3.54. The number of hydrogen-bond acceptors (Lipinski definition) is 3. The van der Waals surface area contributed by atoms with Crippen LogP contribution in [0.3, 0.4) is 0 Å². The molecule has 12 heavy (non-hydrogen) atoms. The second-order valence-corrected chi connectivity index (χ2v) is 2.10. The molecule has 0 spiro atoms. The van der Waals surface area contributed by atoms with Crippen molar-refractivity contribution in [1.82, 2.24) is 20.6 Å². The maximum absolute atomic E-state index is 10.7. The van der Waals surface area contributed by atoms with Gasteiger partial charge in [-0.25, -0.2) is 14.8 Å². The molecule has 2 amide bonds. The third-order valence-corrected chi connectivity index (χ3v) is 1.25. The smallest absolute Gasteiger partial charge is 0.314 e. The molecule has 0 aliphatic carbocycles. The highest BCUT2D eigenvalue weighted by Gasteiger charge is 1.96. The number of rotatable bonds is 2. The summed E-state index contributed by atoms with van der Waals surface area (Å²) in [5, 5.41) is 5.00. The lowest BCUT2D eigenvalue weighted by atomic mass is 10.5. The molecule has 1 heterocycles. The van der Waals surface area contributed by atoms with Crippen LogP contribution in [-0.2, 0) is 6.54 Å². The highest BCUT2D eigenvalue weighted by Crippen LogP contribution is 1.84. The van der Waals surface area contributed by atoms with E-state index in [1.165, 1.54) is 0 Å². The molecular formula is C7H10N4O. The van der Waals surface area contributed by atoms with E-state index in [2.05, 4.69) is 20.6 Å². The monoisotopic (exact) mass is 166 g/mol. The minimum Gasteiger partial charge on any atom is -0.341 e. The molecule has 1 rings (SSSR count). The van der Waals surface area contributed by atoms with Gasteiger partial charge in [-0.15, -0.1) is 0 Å². The van der Waals surface area contributed by atoms with Crippen LogP contribution in [0.25, 0.3) is 0 Å². The van der Waals surface area contributed by atoms with Crippen molar-refractivity contribution in [2.24, 2.45) is 0 Å². The molecule has 5 nitrogen and oxygen atoms in total. The van der Waals surface area contributed by atoms with E-state index in [1.807, 2.05) is 0 Å². The Balaban J connectivity index is 2.38. The maximum atomic E-state index is 10.7. The van der Waals surface area contributed by atoms with Gasteiger partial charge in [-0.1, -0.05) is 0 Å². The summed E-state index contributed by atoms with van der Waals surface area (Å²) >= 11 is 0. The zero-order valence-electron chi connectivity index (χ0n) is 6.74. The van der Waals surface area contributed by atoms with Gasteiger partial charge in [0, 0.05) is 19.4 Å². The molecule has 5 heteroatoms. The van der Waals surface area contributed by atoms with Gasteiger partial charge in [0.05, 0.1) is 6.54 Å². The largest absolute Gasteiger partial charge is 0.341 e. The summed E-state index contributed by atoms with van der Waals surface area (Å²) in [5.41, 5.74) is 0. The number of amides is 2. The fourth-order valence-corrected chi connectivity index (χ4v) is 0.669. The summed E-state index contributed by atoms with van der Waals surface area (Å²) in [5.74, 6) is 0.598. The van der Waals surface area contributed by atoms with E-state index in [1.54, 1.807) is 25.5 Å². The summed E-state index contributed by atoms with van der Waals surface area (Å²) in [6.07, 6.45) is 3.27. The van der Waals surface area contributed by atoms with E-state index in [0.717, 1.165) is 0 Å². The number of nitrogens with zero attached hydrogens (tertiary/aromatic N) is 2. The Kier molecular flexibility index (Phi) is 3.01. The quantitative estimate of drug-likeness (QED) is 0.645. The summed E-state index contributed by atoms with van der Waals surface area (Å²) in [6, 6.07) is 1.49. The number of urea groups is 1. The second kappa shape index (κ2) is 4.27. The first-order chi connectivity index (χ1) is 5.83. The first-order valence-corrected chi connectivity index (χ1v) is 3.54. The Hall–Kier alpha value is -1.65. The van der Waals surface area contributed by atoms with Crippen LogP contribution in [0.5, 0.6) is 0 Å². The van der Waals surface area contributed by atoms with Crippen LogP contribution in [0, 0.1) is 0 Å². The zero-order valence-corrected chi connectivity index (χ0v) is 6.74. The Bertz CT molecular complexity index is 249. The predicted octanol–water partition coefficient (Wildman–Crippen LogP) is -0.0944. The van der Waals surface area contributed by atoms with Gasteiger partial charge in [0.25, 0.3) is 0 Å². The number of hydrogen-bond donors (Lipinski definition) is 2. The molecule has 0 unspecified atom stereocenters. The maximum Gasteiger partial charge on any atom is 0.314 e. The molecule has 1 aromatic heterocycles. The predicted molar refractivity (Wildman–Crippen MR) is 43.3 cm³/mol. The van der Waals surface area contributed by atoms with Gasteiger partial charge < -0.3 is 10.6 Å². The van der Waals surface area contributed by atoms with Gasteiger partial charge in [-0.3, -0.25) is 0 Å². The number of carbonyl (C=O) groups is 1. The van der Waals surface area contributed by atoms with Crippen LogP contribution < -0.4 is 10.6 Å². The highest BCUT2D eigenvalue weighted by molar-refractivity contribution is 5.73. The summed E-state index contributed by atoms with van der Waals surface area (Å²) in [4.78, 5) is 18.6. The van der Waals surface area contributed by atoms with Crippen molar-refractivity contribution in [3.8, 4) is 0 Å². The molecule has 2 N–H and O–H groups in total. The Morgan fingerprint density at radius 1 is 1.50 bits per heavy atom. The van der Waals surface area contributed by atoms with Crippen LogP contribution >= 0.6 is 0 Å². The lowest BCUT2D eigenvalue weighted by Crippen LogP contribution is -2.32. The van der Waals surface area contributed by atoms with Crippen molar-refractivity contribution in [3.05, 3.63) is 24.3 Å². The van der Waals surface area contributed by atoms with Gasteiger partial charge in [0.15, 0.2) is 0 Å². The minimum atomic E-state index is -0.234. The molecule has 64 valence electrons. The van der Waals surface area contributed by atoms with Crippen LogP contribution in [-0.4, -0.2) is 23.0 Å². The van der Waals surface area contributed by atoms with Crippen LogP contribution in [0.1, 0.15) is 5.82 Å². The Morgan fingerprint density at radius 2 is 2.17 bits per heavy atom. The van der Waals surface area contributed by atoms with E-state index in [9.17, 15) is 4.79 Å². The third kappa shape index (κ3) is 2.53. The summed E-state index contributed by atoms with van der Waals surface area (Å²) in [6.45, 7) is 0.348. The molecule has 1 aromatic rings. The standard InChI is InChI=1S/C7H10N4O/c1-8-7(12)11-5-6-9-3-2-4-10-6/h2-4H,5H2,1H3,(H2,8,11,12). The molecule has 0 saturated carbocycles. The second-order valence-electron chi connectivity index (χ2n) is 2.10. The first kappa shape index (κ1) is 8.45. The van der Waals surface area contributed by atoms with Gasteiger partial charge in [-0.2, -0.15) is 0 Å². The molecule has 0 fully saturated rings. The van der Waals surface area contributed by atoms with Crippen LogP contribution in [0.15, 0.2) is 18.5 Å². The van der Waals surface area contributed by atoms with Crippen LogP contribution in [0.2, 0.25) is 0 Å². The topological polar surface area (TPSA) is 66.9 Å². The van der Waals surface area contributed by atoms with Gasteiger partial charge in [0.2, 0.25) is 0 Å². The third-order valence-electron chi connectivity index (χ3n) is 1.25. The molecular weight excluding hydrogens is 156 g/mol. The molecule has 0 aliphatic rings. The van der Waals surface area contributed by atoms with Gasteiger partial charge in [0.1, 0.15) is 5.82 Å². The fourth-order valence-electron chi connectivity index (χ4n) is 0.669. The summed E-state index contributed by atoms with van der Waals surface area (Å²) in [7, 11) is 1.56. The van der Waals surface area contributed by atoms with Crippen molar-refractivity contribution >= 4 is 6.03 Å².